The summed E-state index contributed by atoms with van der Waals surface area (Å²) in [6.45, 7) is 3.15. The van der Waals surface area contributed by atoms with Gasteiger partial charge >= 0.3 is 0 Å². The van der Waals surface area contributed by atoms with E-state index in [0.717, 1.165) is 42.4 Å². The Morgan fingerprint density at radius 1 is 1.03 bits per heavy atom. The number of fused-ring (bicyclic) bond motifs is 1. The third kappa shape index (κ3) is 5.53. The molecule has 1 aromatic heterocycles. The molecule has 1 fully saturated rings. The average Bonchev–Trinajstić information content (AvgIpc) is 2.83. The van der Waals surface area contributed by atoms with Crippen LogP contribution in [-0.2, 0) is 0 Å². The number of para-hydroxylation sites is 2. The summed E-state index contributed by atoms with van der Waals surface area (Å²) >= 11 is 0. The molecule has 1 heterocycles. The van der Waals surface area contributed by atoms with Crippen molar-refractivity contribution in [3.63, 3.8) is 0 Å². The van der Waals surface area contributed by atoms with Crippen LogP contribution in [0.25, 0.3) is 10.9 Å². The van der Waals surface area contributed by atoms with Gasteiger partial charge in [0.25, 0.3) is 5.91 Å². The fraction of sp³-hybridized carbons (Fsp3) is 0.423. The molecular weight excluding hydrogens is 414 g/mol. The van der Waals surface area contributed by atoms with Crippen molar-refractivity contribution < 1.29 is 9.53 Å². The number of nitrogens with zero attached hydrogens (tertiary/aromatic N) is 3. The molecule has 2 N–H and O–H groups in total. The molecule has 4 rings (SSSR count). The van der Waals surface area contributed by atoms with Crippen LogP contribution in [0.5, 0.6) is 5.75 Å². The summed E-state index contributed by atoms with van der Waals surface area (Å²) in [6.07, 6.45) is 4.17. The Morgan fingerprint density at radius 3 is 2.52 bits per heavy atom. The number of hydrogen-bond acceptors (Lipinski definition) is 6. The van der Waals surface area contributed by atoms with Crippen molar-refractivity contribution in [1.82, 2.24) is 15.3 Å². The molecule has 0 atom stereocenters. The van der Waals surface area contributed by atoms with Crippen molar-refractivity contribution in [2.24, 2.45) is 5.92 Å². The summed E-state index contributed by atoms with van der Waals surface area (Å²) in [5.74, 6) is 2.65. The Kier molecular flexibility index (Phi) is 7.27. The smallest absolute Gasteiger partial charge is 0.255 e. The molecule has 1 amide bonds. The fourth-order valence-corrected chi connectivity index (χ4v) is 4.43. The van der Waals surface area contributed by atoms with Crippen LogP contribution in [0, 0.1) is 5.92 Å². The van der Waals surface area contributed by atoms with Crippen molar-refractivity contribution in [2.75, 3.05) is 37.5 Å². The minimum Gasteiger partial charge on any atom is -0.493 e. The zero-order chi connectivity index (χ0) is 23.2. The van der Waals surface area contributed by atoms with Crippen LogP contribution in [0.1, 0.15) is 43.0 Å². The van der Waals surface area contributed by atoms with Crippen molar-refractivity contribution in [2.45, 2.75) is 38.6 Å². The number of carbonyl (C=O) groups is 1. The average molecular weight is 448 g/mol. The molecule has 7 heteroatoms. The first-order chi connectivity index (χ1) is 16.0. The van der Waals surface area contributed by atoms with E-state index < -0.39 is 0 Å². The Hall–Kier alpha value is -3.35. The first-order valence-corrected chi connectivity index (χ1v) is 11.8. The number of rotatable bonds is 8. The predicted molar refractivity (Wildman–Crippen MR) is 133 cm³/mol. The van der Waals surface area contributed by atoms with Gasteiger partial charge in [-0.15, -0.1) is 0 Å². The van der Waals surface area contributed by atoms with Crippen LogP contribution in [0.4, 0.5) is 11.8 Å². The van der Waals surface area contributed by atoms with Gasteiger partial charge in [0.15, 0.2) is 0 Å². The van der Waals surface area contributed by atoms with Gasteiger partial charge in [0.05, 0.1) is 17.7 Å². The lowest BCUT2D eigenvalue weighted by molar-refractivity contribution is 0.0939. The molecule has 7 nitrogen and oxygen atoms in total. The normalized spacial score (nSPS) is 18.0. The van der Waals surface area contributed by atoms with E-state index in [2.05, 4.69) is 16.7 Å². The molecule has 1 saturated carbocycles. The van der Waals surface area contributed by atoms with Crippen LogP contribution in [0.15, 0.2) is 48.5 Å². The van der Waals surface area contributed by atoms with E-state index in [-0.39, 0.29) is 5.91 Å². The van der Waals surface area contributed by atoms with Gasteiger partial charge in [0, 0.05) is 32.1 Å². The van der Waals surface area contributed by atoms with Crippen molar-refractivity contribution in [3.8, 4) is 5.75 Å². The van der Waals surface area contributed by atoms with Crippen LogP contribution in [0.2, 0.25) is 0 Å². The predicted octanol–water partition coefficient (Wildman–Crippen LogP) is 4.50. The number of nitrogens with one attached hydrogen (secondary N) is 2. The van der Waals surface area contributed by atoms with E-state index in [1.54, 1.807) is 0 Å². The number of hydrogen-bond donors (Lipinski definition) is 2. The maximum atomic E-state index is 12.7. The topological polar surface area (TPSA) is 79.4 Å². The van der Waals surface area contributed by atoms with Crippen LogP contribution in [0.3, 0.4) is 0 Å². The van der Waals surface area contributed by atoms with Crippen molar-refractivity contribution in [1.29, 1.82) is 0 Å². The Morgan fingerprint density at radius 2 is 1.76 bits per heavy atom. The van der Waals surface area contributed by atoms with E-state index in [1.165, 1.54) is 0 Å². The maximum absolute atomic E-state index is 12.7. The number of carbonyl (C=O) groups excluding carboxylic acids is 1. The summed E-state index contributed by atoms with van der Waals surface area (Å²) < 4.78 is 5.59. The lowest BCUT2D eigenvalue weighted by atomic mass is 9.86. The van der Waals surface area contributed by atoms with Crippen LogP contribution >= 0.6 is 0 Å². The second-order valence-electron chi connectivity index (χ2n) is 8.78. The third-order valence-corrected chi connectivity index (χ3v) is 6.17. The standard InChI is InChI=1S/C26H33N5O2/c1-4-33-23-12-8-6-10-21(23)25(32)27-17-18-13-15-19(16-14-18)28-26-29-22-11-7-5-9-20(22)24(30-26)31(2)3/h5-12,18-19H,4,13-17H2,1-3H3,(H,27,32)(H,28,29,30)/t18-,19+. The van der Waals surface area contributed by atoms with E-state index in [9.17, 15) is 4.79 Å². The second kappa shape index (κ2) is 10.5. The van der Waals surface area contributed by atoms with Gasteiger partial charge in [-0.3, -0.25) is 4.79 Å². The van der Waals surface area contributed by atoms with Crippen LogP contribution in [-0.4, -0.2) is 49.2 Å². The summed E-state index contributed by atoms with van der Waals surface area (Å²) in [7, 11) is 4.01. The zero-order valence-electron chi connectivity index (χ0n) is 19.7. The molecule has 0 aliphatic heterocycles. The van der Waals surface area contributed by atoms with Gasteiger partial charge in [-0.1, -0.05) is 24.3 Å². The van der Waals surface area contributed by atoms with Crippen molar-refractivity contribution in [3.05, 3.63) is 54.1 Å². The molecule has 1 aliphatic rings. The first-order valence-electron chi connectivity index (χ1n) is 11.8. The monoisotopic (exact) mass is 447 g/mol. The fourth-order valence-electron chi connectivity index (χ4n) is 4.43. The van der Waals surface area contributed by atoms with Gasteiger partial charge in [-0.25, -0.2) is 4.98 Å². The highest BCUT2D eigenvalue weighted by Crippen LogP contribution is 2.28. The lowest BCUT2D eigenvalue weighted by Crippen LogP contribution is -2.34. The number of benzene rings is 2. The minimum atomic E-state index is -0.0694. The molecule has 3 aromatic rings. The van der Waals surface area contributed by atoms with Gasteiger partial charge in [0.2, 0.25) is 5.95 Å². The highest BCUT2D eigenvalue weighted by Gasteiger charge is 2.23. The summed E-state index contributed by atoms with van der Waals surface area (Å²) in [4.78, 5) is 24.2. The van der Waals surface area contributed by atoms with Crippen LogP contribution < -0.4 is 20.3 Å². The highest BCUT2D eigenvalue weighted by molar-refractivity contribution is 5.96. The maximum Gasteiger partial charge on any atom is 0.255 e. The van der Waals surface area contributed by atoms with Gasteiger partial charge in [-0.05, 0) is 62.8 Å². The molecule has 1 aliphatic carbocycles. The molecule has 174 valence electrons. The van der Waals surface area contributed by atoms with Gasteiger partial charge in [-0.2, -0.15) is 4.98 Å². The van der Waals surface area contributed by atoms with Crippen molar-refractivity contribution >= 4 is 28.6 Å². The first kappa shape index (κ1) is 22.8. The summed E-state index contributed by atoms with van der Waals surface area (Å²) in [5.41, 5.74) is 1.54. The Bertz CT molecular complexity index is 1090. The quantitative estimate of drug-likeness (QED) is 0.530. The molecule has 2 aromatic carbocycles. The SMILES string of the molecule is CCOc1ccccc1C(=O)NC[C@H]1CC[C@@H](Nc2nc(N(C)C)c3ccccc3n2)CC1. The highest BCUT2D eigenvalue weighted by atomic mass is 16.5. The number of amides is 1. The van der Waals surface area contributed by atoms with Gasteiger partial charge in [0.1, 0.15) is 11.6 Å². The molecule has 0 saturated heterocycles. The Balaban J connectivity index is 1.31. The largest absolute Gasteiger partial charge is 0.493 e. The Labute approximate surface area is 195 Å². The zero-order valence-corrected chi connectivity index (χ0v) is 19.7. The lowest BCUT2D eigenvalue weighted by Gasteiger charge is -2.29. The van der Waals surface area contributed by atoms with Gasteiger partial charge < -0.3 is 20.3 Å². The molecule has 0 bridgehead atoms. The molecule has 0 unspecified atom stereocenters. The minimum absolute atomic E-state index is 0.0694. The number of anilines is 2. The third-order valence-electron chi connectivity index (χ3n) is 6.17. The summed E-state index contributed by atoms with van der Waals surface area (Å²) in [5, 5.41) is 7.70. The summed E-state index contributed by atoms with van der Waals surface area (Å²) in [6, 6.07) is 15.8. The van der Waals surface area contributed by atoms with E-state index in [0.29, 0.717) is 42.4 Å². The van der Waals surface area contributed by atoms with E-state index in [1.807, 2.05) is 68.4 Å². The van der Waals surface area contributed by atoms with E-state index >= 15 is 0 Å². The number of aromatic nitrogens is 2. The number of ether oxygens (including phenoxy) is 1. The molecule has 0 spiro atoms. The molecule has 0 radical (unpaired) electrons. The molecule has 33 heavy (non-hydrogen) atoms. The molecular formula is C26H33N5O2. The second-order valence-corrected chi connectivity index (χ2v) is 8.78. The van der Waals surface area contributed by atoms with E-state index in [4.69, 9.17) is 14.7 Å².